The first-order valence-electron chi connectivity index (χ1n) is 7.93. The predicted molar refractivity (Wildman–Crippen MR) is 84.3 cm³/mol. The highest BCUT2D eigenvalue weighted by Crippen LogP contribution is 2.27. The summed E-state index contributed by atoms with van der Waals surface area (Å²) in [5.41, 5.74) is 8.72. The fourth-order valence-electron chi connectivity index (χ4n) is 3.01. The third-order valence-corrected chi connectivity index (χ3v) is 4.22. The molecule has 22 heavy (non-hydrogen) atoms. The van der Waals surface area contributed by atoms with Gasteiger partial charge in [0.1, 0.15) is 0 Å². The van der Waals surface area contributed by atoms with E-state index in [9.17, 15) is 9.59 Å². The van der Waals surface area contributed by atoms with Crippen LogP contribution in [0.5, 0.6) is 0 Å². The van der Waals surface area contributed by atoms with Crippen molar-refractivity contribution in [3.63, 3.8) is 0 Å². The number of carbonyl (C=O) groups is 2. The quantitative estimate of drug-likeness (QED) is 0.724. The molecule has 0 unspecified atom stereocenters. The molecule has 0 atom stereocenters. The Balaban J connectivity index is 1.75. The normalized spacial score (nSPS) is 13.2. The van der Waals surface area contributed by atoms with Gasteiger partial charge in [-0.1, -0.05) is 37.5 Å². The molecule has 2 amide bonds. The SMILES string of the molecule is NC(=O)CCCCCCCc1cccc2c1CN(C(=O)O)C2. The Morgan fingerprint density at radius 2 is 1.82 bits per heavy atom. The fourth-order valence-corrected chi connectivity index (χ4v) is 3.01. The summed E-state index contributed by atoms with van der Waals surface area (Å²) in [4.78, 5) is 23.2. The Morgan fingerprint density at radius 1 is 1.09 bits per heavy atom. The molecular weight excluding hydrogens is 280 g/mol. The average Bonchev–Trinajstić information content (AvgIpc) is 2.91. The second-order valence-electron chi connectivity index (χ2n) is 5.93. The molecule has 0 saturated carbocycles. The lowest BCUT2D eigenvalue weighted by molar-refractivity contribution is -0.118. The van der Waals surface area contributed by atoms with Gasteiger partial charge in [-0.15, -0.1) is 0 Å². The molecule has 1 aromatic rings. The van der Waals surface area contributed by atoms with Gasteiger partial charge in [0.15, 0.2) is 0 Å². The number of carbonyl (C=O) groups excluding carboxylic acids is 1. The Kier molecular flexibility index (Phi) is 5.81. The minimum absolute atomic E-state index is 0.220. The van der Waals surface area contributed by atoms with E-state index < -0.39 is 6.09 Å². The van der Waals surface area contributed by atoms with Crippen molar-refractivity contribution in [3.05, 3.63) is 34.9 Å². The largest absolute Gasteiger partial charge is 0.465 e. The highest BCUT2D eigenvalue weighted by molar-refractivity contribution is 5.73. The molecular formula is C17H24N2O3. The first kappa shape index (κ1) is 16.3. The van der Waals surface area contributed by atoms with Crippen LogP contribution in [0.2, 0.25) is 0 Å². The number of nitrogens with two attached hydrogens (primary N) is 1. The molecule has 3 N–H and O–H groups in total. The van der Waals surface area contributed by atoms with E-state index in [1.165, 1.54) is 16.0 Å². The minimum atomic E-state index is -0.850. The van der Waals surface area contributed by atoms with E-state index >= 15 is 0 Å². The highest BCUT2D eigenvalue weighted by atomic mass is 16.4. The standard InChI is InChI=1S/C17H24N2O3/c18-16(20)10-5-3-1-2-4-7-13-8-6-9-14-11-19(17(21)22)12-15(13)14/h6,8-9H,1-5,7,10-12H2,(H2,18,20)(H,21,22). The number of unbranched alkanes of at least 4 members (excludes halogenated alkanes) is 4. The van der Waals surface area contributed by atoms with Crippen LogP contribution in [0.3, 0.4) is 0 Å². The van der Waals surface area contributed by atoms with Crippen molar-refractivity contribution in [2.75, 3.05) is 0 Å². The molecule has 1 aliphatic rings. The van der Waals surface area contributed by atoms with Crippen LogP contribution in [0.1, 0.15) is 55.2 Å². The van der Waals surface area contributed by atoms with Crippen LogP contribution in [-0.2, 0) is 24.3 Å². The van der Waals surface area contributed by atoms with E-state index in [1.54, 1.807) is 0 Å². The Hall–Kier alpha value is -2.04. The Labute approximate surface area is 131 Å². The number of amides is 2. The molecule has 5 heteroatoms. The summed E-state index contributed by atoms with van der Waals surface area (Å²) in [6, 6.07) is 6.15. The number of rotatable bonds is 8. The van der Waals surface area contributed by atoms with Crippen LogP contribution in [0, 0.1) is 0 Å². The summed E-state index contributed by atoms with van der Waals surface area (Å²) >= 11 is 0. The van der Waals surface area contributed by atoms with Crippen molar-refractivity contribution in [1.82, 2.24) is 4.90 Å². The van der Waals surface area contributed by atoms with Crippen LogP contribution in [0.4, 0.5) is 4.79 Å². The van der Waals surface area contributed by atoms with Crippen molar-refractivity contribution in [2.24, 2.45) is 5.73 Å². The summed E-state index contributed by atoms with van der Waals surface area (Å²) in [6.45, 7) is 1.02. The van der Waals surface area contributed by atoms with E-state index in [2.05, 4.69) is 6.07 Å². The number of aryl methyl sites for hydroxylation is 1. The first-order chi connectivity index (χ1) is 10.6. The van der Waals surface area contributed by atoms with Crippen LogP contribution < -0.4 is 5.73 Å². The van der Waals surface area contributed by atoms with Gasteiger partial charge in [0, 0.05) is 19.5 Å². The number of nitrogens with zero attached hydrogens (tertiary/aromatic N) is 1. The second-order valence-corrected chi connectivity index (χ2v) is 5.93. The zero-order chi connectivity index (χ0) is 15.9. The average molecular weight is 304 g/mol. The van der Waals surface area contributed by atoms with E-state index in [-0.39, 0.29) is 5.91 Å². The smallest absolute Gasteiger partial charge is 0.407 e. The van der Waals surface area contributed by atoms with Gasteiger partial charge in [-0.2, -0.15) is 0 Å². The van der Waals surface area contributed by atoms with Crippen molar-refractivity contribution in [1.29, 1.82) is 0 Å². The number of fused-ring (bicyclic) bond motifs is 1. The highest BCUT2D eigenvalue weighted by Gasteiger charge is 2.24. The van der Waals surface area contributed by atoms with E-state index in [0.717, 1.165) is 44.1 Å². The third-order valence-electron chi connectivity index (χ3n) is 4.22. The van der Waals surface area contributed by atoms with Gasteiger partial charge in [0.25, 0.3) is 0 Å². The molecule has 120 valence electrons. The van der Waals surface area contributed by atoms with Crippen LogP contribution in [0.15, 0.2) is 18.2 Å². The zero-order valence-electron chi connectivity index (χ0n) is 12.9. The lowest BCUT2D eigenvalue weighted by Gasteiger charge is -2.10. The minimum Gasteiger partial charge on any atom is -0.465 e. The maximum atomic E-state index is 11.1. The molecule has 0 saturated heterocycles. The summed E-state index contributed by atoms with van der Waals surface area (Å²) in [6.07, 6.45) is 5.89. The molecule has 0 bridgehead atoms. The van der Waals surface area contributed by atoms with Gasteiger partial charge >= 0.3 is 6.09 Å². The molecule has 0 spiro atoms. The molecule has 1 heterocycles. The molecule has 1 aliphatic heterocycles. The van der Waals surface area contributed by atoms with Gasteiger partial charge in [0.2, 0.25) is 5.91 Å². The zero-order valence-corrected chi connectivity index (χ0v) is 12.9. The summed E-state index contributed by atoms with van der Waals surface area (Å²) in [5.74, 6) is -0.220. The lowest BCUT2D eigenvalue weighted by atomic mass is 9.98. The van der Waals surface area contributed by atoms with E-state index in [0.29, 0.717) is 19.5 Å². The van der Waals surface area contributed by atoms with Gasteiger partial charge in [-0.25, -0.2) is 4.79 Å². The predicted octanol–water partition coefficient (Wildman–Crippen LogP) is 3.05. The van der Waals surface area contributed by atoms with Crippen molar-refractivity contribution in [2.45, 2.75) is 58.0 Å². The summed E-state index contributed by atoms with van der Waals surface area (Å²) in [5, 5.41) is 9.10. The van der Waals surface area contributed by atoms with E-state index in [1.807, 2.05) is 12.1 Å². The lowest BCUT2D eigenvalue weighted by Crippen LogP contribution is -2.22. The maximum Gasteiger partial charge on any atom is 0.407 e. The third kappa shape index (κ3) is 4.48. The van der Waals surface area contributed by atoms with Crippen LogP contribution >= 0.6 is 0 Å². The van der Waals surface area contributed by atoms with Crippen LogP contribution in [0.25, 0.3) is 0 Å². The maximum absolute atomic E-state index is 11.1. The summed E-state index contributed by atoms with van der Waals surface area (Å²) in [7, 11) is 0. The summed E-state index contributed by atoms with van der Waals surface area (Å²) < 4.78 is 0. The molecule has 2 rings (SSSR count). The molecule has 5 nitrogen and oxygen atoms in total. The second kappa shape index (κ2) is 7.82. The van der Waals surface area contributed by atoms with Crippen molar-refractivity contribution >= 4 is 12.0 Å². The topological polar surface area (TPSA) is 83.6 Å². The molecule has 0 aliphatic carbocycles. The molecule has 1 aromatic carbocycles. The number of hydrogen-bond donors (Lipinski definition) is 2. The first-order valence-corrected chi connectivity index (χ1v) is 7.93. The molecule has 0 radical (unpaired) electrons. The number of primary amides is 1. The van der Waals surface area contributed by atoms with Gasteiger partial charge in [0.05, 0.1) is 0 Å². The van der Waals surface area contributed by atoms with Crippen molar-refractivity contribution in [3.8, 4) is 0 Å². The monoisotopic (exact) mass is 304 g/mol. The number of benzene rings is 1. The van der Waals surface area contributed by atoms with Gasteiger partial charge in [-0.05, 0) is 36.0 Å². The van der Waals surface area contributed by atoms with Gasteiger partial charge in [-0.3, -0.25) is 9.69 Å². The number of hydrogen-bond acceptors (Lipinski definition) is 2. The van der Waals surface area contributed by atoms with E-state index in [4.69, 9.17) is 10.8 Å². The molecule has 0 aromatic heterocycles. The molecule has 0 fully saturated rings. The number of carboxylic acid groups (broad SMARTS) is 1. The van der Waals surface area contributed by atoms with Crippen molar-refractivity contribution < 1.29 is 14.7 Å². The Morgan fingerprint density at radius 3 is 2.55 bits per heavy atom. The van der Waals surface area contributed by atoms with Gasteiger partial charge < -0.3 is 10.8 Å². The Bertz CT molecular complexity index is 543. The fraction of sp³-hybridized carbons (Fsp3) is 0.529. The van der Waals surface area contributed by atoms with Crippen LogP contribution in [-0.4, -0.2) is 22.0 Å².